The second-order valence-electron chi connectivity index (χ2n) is 2.36. The standard InChI is InChI=1S/C8H15ClSi/c1-2-3-4-5-6-7-8-10-9/h7-8H,2-6H2,1H3. The summed E-state index contributed by atoms with van der Waals surface area (Å²) in [6.07, 6.45) is 8.77. The van der Waals surface area contributed by atoms with Gasteiger partial charge in [-0.2, -0.15) is 11.1 Å². The molecule has 0 spiro atoms. The van der Waals surface area contributed by atoms with Crippen molar-refractivity contribution < 1.29 is 0 Å². The Labute approximate surface area is 71.2 Å². The van der Waals surface area contributed by atoms with Gasteiger partial charge < -0.3 is 0 Å². The van der Waals surface area contributed by atoms with Crippen molar-refractivity contribution in [3.63, 3.8) is 0 Å². The highest BCUT2D eigenvalue weighted by Crippen LogP contribution is 2.02. The molecule has 0 aliphatic carbocycles. The van der Waals surface area contributed by atoms with E-state index in [1.807, 2.05) is 5.70 Å². The van der Waals surface area contributed by atoms with Crippen LogP contribution in [-0.4, -0.2) is 8.83 Å². The normalized spacial score (nSPS) is 11.0. The Morgan fingerprint density at radius 1 is 1.30 bits per heavy atom. The van der Waals surface area contributed by atoms with Crippen LogP contribution < -0.4 is 0 Å². The molecular formula is C8H15ClSi. The third-order valence-corrected chi connectivity index (χ3v) is 2.14. The van der Waals surface area contributed by atoms with E-state index in [-0.39, 0.29) is 0 Å². The fourth-order valence-corrected chi connectivity index (χ4v) is 1.34. The zero-order chi connectivity index (χ0) is 7.66. The minimum atomic E-state index is 0.462. The first kappa shape index (κ1) is 10.2. The first-order chi connectivity index (χ1) is 4.91. The van der Waals surface area contributed by atoms with E-state index in [0.29, 0.717) is 8.83 Å². The summed E-state index contributed by atoms with van der Waals surface area (Å²) in [5.74, 6) is 0. The Balaban J connectivity index is 2.83. The van der Waals surface area contributed by atoms with Crippen LogP contribution in [0.5, 0.6) is 0 Å². The summed E-state index contributed by atoms with van der Waals surface area (Å²) in [6.45, 7) is 2.23. The molecule has 0 rings (SSSR count). The maximum absolute atomic E-state index is 5.48. The lowest BCUT2D eigenvalue weighted by Crippen LogP contribution is -1.74. The average molecular weight is 175 g/mol. The summed E-state index contributed by atoms with van der Waals surface area (Å²) in [6, 6.07) is 0. The Morgan fingerprint density at radius 2 is 2.10 bits per heavy atom. The Hall–Kier alpha value is 0.247. The molecule has 2 radical (unpaired) electrons. The highest BCUT2D eigenvalue weighted by Gasteiger charge is 1.83. The van der Waals surface area contributed by atoms with Gasteiger partial charge in [-0.25, -0.2) is 0 Å². The molecule has 0 saturated heterocycles. The lowest BCUT2D eigenvalue weighted by molar-refractivity contribution is 0.675. The van der Waals surface area contributed by atoms with Gasteiger partial charge in [-0.15, -0.1) is 0 Å². The largest absolute Gasteiger partial charge is 0.202 e. The van der Waals surface area contributed by atoms with Crippen molar-refractivity contribution in [2.45, 2.75) is 39.0 Å². The molecule has 0 N–H and O–H groups in total. The zero-order valence-electron chi connectivity index (χ0n) is 6.57. The van der Waals surface area contributed by atoms with E-state index >= 15 is 0 Å². The number of halogens is 1. The number of hydrogen-bond donors (Lipinski definition) is 0. The van der Waals surface area contributed by atoms with E-state index in [4.69, 9.17) is 11.1 Å². The molecule has 0 aliphatic rings. The molecule has 0 aromatic carbocycles. The van der Waals surface area contributed by atoms with Crippen molar-refractivity contribution in [3.8, 4) is 0 Å². The molecule has 0 amide bonds. The highest BCUT2D eigenvalue weighted by atomic mass is 35.6. The minimum Gasteiger partial charge on any atom is -0.165 e. The van der Waals surface area contributed by atoms with Crippen molar-refractivity contribution in [2.24, 2.45) is 0 Å². The summed E-state index contributed by atoms with van der Waals surface area (Å²) in [5, 5.41) is 0. The van der Waals surface area contributed by atoms with Crippen LogP contribution >= 0.6 is 11.1 Å². The Morgan fingerprint density at radius 3 is 2.70 bits per heavy atom. The van der Waals surface area contributed by atoms with E-state index in [0.717, 1.165) is 0 Å². The van der Waals surface area contributed by atoms with Gasteiger partial charge >= 0.3 is 0 Å². The minimum absolute atomic E-state index is 0.462. The van der Waals surface area contributed by atoms with Crippen molar-refractivity contribution in [3.05, 3.63) is 11.8 Å². The predicted octanol–water partition coefficient (Wildman–Crippen LogP) is 3.33. The second kappa shape index (κ2) is 9.25. The average Bonchev–Trinajstić information content (AvgIpc) is 1.97. The van der Waals surface area contributed by atoms with Gasteiger partial charge in [-0.3, -0.25) is 0 Å². The van der Waals surface area contributed by atoms with Crippen molar-refractivity contribution in [1.29, 1.82) is 0 Å². The summed E-state index contributed by atoms with van der Waals surface area (Å²) < 4.78 is 0. The summed E-state index contributed by atoms with van der Waals surface area (Å²) >= 11 is 5.48. The van der Waals surface area contributed by atoms with Gasteiger partial charge in [0.05, 0.1) is 0 Å². The van der Waals surface area contributed by atoms with E-state index in [1.165, 1.54) is 32.1 Å². The number of hydrogen-bond acceptors (Lipinski definition) is 0. The van der Waals surface area contributed by atoms with Crippen LogP contribution in [0, 0.1) is 0 Å². The third kappa shape index (κ3) is 8.25. The van der Waals surface area contributed by atoms with Gasteiger partial charge in [0.15, 0.2) is 0 Å². The van der Waals surface area contributed by atoms with E-state index in [9.17, 15) is 0 Å². The van der Waals surface area contributed by atoms with Crippen LogP contribution in [-0.2, 0) is 0 Å². The summed E-state index contributed by atoms with van der Waals surface area (Å²) in [5.41, 5.74) is 2.05. The number of allylic oxidation sites excluding steroid dienone is 1. The molecule has 0 unspecified atom stereocenters. The lowest BCUT2D eigenvalue weighted by atomic mass is 10.2. The van der Waals surface area contributed by atoms with E-state index < -0.39 is 0 Å². The van der Waals surface area contributed by atoms with Crippen molar-refractivity contribution >= 4 is 19.9 Å². The molecule has 0 heterocycles. The fourth-order valence-electron chi connectivity index (χ4n) is 0.817. The third-order valence-electron chi connectivity index (χ3n) is 1.41. The van der Waals surface area contributed by atoms with Crippen LogP contribution in [0.2, 0.25) is 0 Å². The van der Waals surface area contributed by atoms with Gasteiger partial charge in [-0.1, -0.05) is 38.0 Å². The topological polar surface area (TPSA) is 0 Å². The molecule has 0 atom stereocenters. The SMILES string of the molecule is CCCCCCC=C[Si]Cl. The van der Waals surface area contributed by atoms with Gasteiger partial charge in [0, 0.05) is 0 Å². The van der Waals surface area contributed by atoms with Gasteiger partial charge in [0.2, 0.25) is 8.83 Å². The first-order valence-electron chi connectivity index (χ1n) is 3.93. The molecule has 0 aromatic rings. The molecule has 0 nitrogen and oxygen atoms in total. The predicted molar refractivity (Wildman–Crippen MR) is 49.5 cm³/mol. The van der Waals surface area contributed by atoms with E-state index in [1.54, 1.807) is 0 Å². The second-order valence-corrected chi connectivity index (χ2v) is 3.57. The molecule has 10 heavy (non-hydrogen) atoms. The molecule has 0 saturated carbocycles. The summed E-state index contributed by atoms with van der Waals surface area (Å²) in [7, 11) is 0.462. The molecule has 0 aliphatic heterocycles. The molecule has 0 aromatic heterocycles. The monoisotopic (exact) mass is 174 g/mol. The number of unbranched alkanes of at least 4 members (excludes halogenated alkanes) is 4. The van der Waals surface area contributed by atoms with Crippen LogP contribution in [0.3, 0.4) is 0 Å². The zero-order valence-corrected chi connectivity index (χ0v) is 8.32. The molecule has 58 valence electrons. The smallest absolute Gasteiger partial charge is 0.165 e. The molecule has 0 bridgehead atoms. The Kier molecular flexibility index (Phi) is 9.48. The van der Waals surface area contributed by atoms with Crippen molar-refractivity contribution in [2.75, 3.05) is 0 Å². The van der Waals surface area contributed by atoms with Crippen LogP contribution in [0.15, 0.2) is 11.8 Å². The van der Waals surface area contributed by atoms with Crippen LogP contribution in [0.1, 0.15) is 39.0 Å². The Bertz CT molecular complexity index is 81.3. The van der Waals surface area contributed by atoms with Gasteiger partial charge in [0.25, 0.3) is 0 Å². The maximum Gasteiger partial charge on any atom is 0.202 e. The van der Waals surface area contributed by atoms with Crippen LogP contribution in [0.4, 0.5) is 0 Å². The lowest BCUT2D eigenvalue weighted by Gasteiger charge is -1.92. The summed E-state index contributed by atoms with van der Waals surface area (Å²) in [4.78, 5) is 0. The first-order valence-corrected chi connectivity index (χ1v) is 6.02. The number of rotatable bonds is 6. The maximum atomic E-state index is 5.48. The van der Waals surface area contributed by atoms with Gasteiger partial charge in [-0.05, 0) is 12.8 Å². The van der Waals surface area contributed by atoms with Crippen molar-refractivity contribution in [1.82, 2.24) is 0 Å². The van der Waals surface area contributed by atoms with Gasteiger partial charge in [0.1, 0.15) is 0 Å². The molecule has 0 fully saturated rings. The highest BCUT2D eigenvalue weighted by molar-refractivity contribution is 6.96. The quantitative estimate of drug-likeness (QED) is 0.329. The molecule has 2 heteroatoms. The fraction of sp³-hybridized carbons (Fsp3) is 0.750. The van der Waals surface area contributed by atoms with Crippen LogP contribution in [0.25, 0.3) is 0 Å². The van der Waals surface area contributed by atoms with E-state index in [2.05, 4.69) is 13.0 Å². The molecular weight excluding hydrogens is 160 g/mol.